The van der Waals surface area contributed by atoms with E-state index in [-0.39, 0.29) is 12.2 Å². The van der Waals surface area contributed by atoms with Crippen molar-refractivity contribution < 1.29 is 9.47 Å². The molecular formula is C19H19ClN3O2. The maximum Gasteiger partial charge on any atom is 0.131 e. The minimum Gasteiger partial charge on any atom is -0.378 e. The lowest BCUT2D eigenvalue weighted by molar-refractivity contribution is 0.135. The Bertz CT molecular complexity index is 866. The van der Waals surface area contributed by atoms with Crippen LogP contribution < -0.4 is 0 Å². The smallest absolute Gasteiger partial charge is 0.131 e. The Morgan fingerprint density at radius 3 is 2.96 bits per heavy atom. The summed E-state index contributed by atoms with van der Waals surface area (Å²) in [5, 5.41) is 5.84. The zero-order valence-electron chi connectivity index (χ0n) is 13.9. The Morgan fingerprint density at radius 2 is 2.16 bits per heavy atom. The number of pyridine rings is 1. The van der Waals surface area contributed by atoms with E-state index < -0.39 is 0 Å². The van der Waals surface area contributed by atoms with E-state index in [0.29, 0.717) is 18.4 Å². The topological polar surface area (TPSA) is 52.5 Å². The van der Waals surface area contributed by atoms with Crippen molar-refractivity contribution in [2.24, 2.45) is 0 Å². The lowest BCUT2D eigenvalue weighted by Gasteiger charge is -2.05. The SMILES string of the molecule is CCn1ncc2cc(Cl)nc(C3O[C@H]3COC[CH]c3ccccc3)c21. The van der Waals surface area contributed by atoms with Gasteiger partial charge in [-0.3, -0.25) is 4.68 Å². The Hall–Kier alpha value is -1.95. The van der Waals surface area contributed by atoms with E-state index >= 15 is 0 Å². The van der Waals surface area contributed by atoms with Crippen molar-refractivity contribution in [3.8, 4) is 0 Å². The summed E-state index contributed by atoms with van der Waals surface area (Å²) in [5.74, 6) is 0. The molecule has 0 N–H and O–H groups in total. The molecule has 0 aliphatic carbocycles. The molecule has 1 radical (unpaired) electrons. The Kier molecular flexibility index (Phi) is 4.70. The first-order valence-electron chi connectivity index (χ1n) is 8.39. The molecule has 25 heavy (non-hydrogen) atoms. The molecular weight excluding hydrogens is 338 g/mol. The molecule has 1 aromatic carbocycles. The highest BCUT2D eigenvalue weighted by Gasteiger charge is 2.43. The summed E-state index contributed by atoms with van der Waals surface area (Å²) >= 11 is 6.15. The van der Waals surface area contributed by atoms with Gasteiger partial charge in [0.1, 0.15) is 17.4 Å². The highest BCUT2D eigenvalue weighted by molar-refractivity contribution is 6.30. The van der Waals surface area contributed by atoms with Crippen LogP contribution >= 0.6 is 11.6 Å². The molecule has 1 aliphatic rings. The van der Waals surface area contributed by atoms with Gasteiger partial charge in [0.15, 0.2) is 0 Å². The van der Waals surface area contributed by atoms with Crippen molar-refractivity contribution in [3.63, 3.8) is 0 Å². The van der Waals surface area contributed by atoms with Crippen molar-refractivity contribution in [2.75, 3.05) is 13.2 Å². The zero-order chi connectivity index (χ0) is 17.2. The van der Waals surface area contributed by atoms with Crippen molar-refractivity contribution in [1.82, 2.24) is 14.8 Å². The summed E-state index contributed by atoms with van der Waals surface area (Å²) in [4.78, 5) is 4.49. The highest BCUT2D eigenvalue weighted by Crippen LogP contribution is 2.41. The van der Waals surface area contributed by atoms with Crippen LogP contribution in [0.3, 0.4) is 0 Å². The van der Waals surface area contributed by atoms with Gasteiger partial charge in [-0.2, -0.15) is 5.10 Å². The molecule has 4 rings (SSSR count). The monoisotopic (exact) mass is 356 g/mol. The number of benzene rings is 1. The molecule has 0 saturated carbocycles. The van der Waals surface area contributed by atoms with Crippen LogP contribution in [0.1, 0.15) is 24.3 Å². The molecule has 129 valence electrons. The minimum atomic E-state index is -0.0834. The van der Waals surface area contributed by atoms with Crippen LogP contribution in [0.4, 0.5) is 0 Å². The van der Waals surface area contributed by atoms with Crippen LogP contribution in [0.15, 0.2) is 42.6 Å². The number of fused-ring (bicyclic) bond motifs is 1. The predicted octanol–water partition coefficient (Wildman–Crippen LogP) is 3.81. The first-order chi connectivity index (χ1) is 12.3. The van der Waals surface area contributed by atoms with E-state index in [9.17, 15) is 0 Å². The van der Waals surface area contributed by atoms with Crippen LogP contribution in [0.5, 0.6) is 0 Å². The van der Waals surface area contributed by atoms with Gasteiger partial charge in [0.05, 0.1) is 30.6 Å². The molecule has 2 aromatic heterocycles. The predicted molar refractivity (Wildman–Crippen MR) is 96.5 cm³/mol. The molecule has 3 heterocycles. The van der Waals surface area contributed by atoms with Crippen molar-refractivity contribution in [3.05, 3.63) is 65.4 Å². The largest absolute Gasteiger partial charge is 0.378 e. The molecule has 6 heteroatoms. The summed E-state index contributed by atoms with van der Waals surface area (Å²) in [6.07, 6.45) is 3.80. The number of rotatable bonds is 7. The van der Waals surface area contributed by atoms with Gasteiger partial charge < -0.3 is 9.47 Å². The van der Waals surface area contributed by atoms with Crippen LogP contribution in [0.25, 0.3) is 10.9 Å². The molecule has 0 amide bonds. The van der Waals surface area contributed by atoms with Crippen LogP contribution in [0, 0.1) is 6.42 Å². The van der Waals surface area contributed by atoms with E-state index in [1.54, 1.807) is 0 Å². The van der Waals surface area contributed by atoms with E-state index in [1.807, 2.05) is 35.1 Å². The van der Waals surface area contributed by atoms with Gasteiger partial charge in [0.25, 0.3) is 0 Å². The second-order valence-electron chi connectivity index (χ2n) is 5.98. The first-order valence-corrected chi connectivity index (χ1v) is 8.77. The third kappa shape index (κ3) is 3.54. The maximum atomic E-state index is 6.15. The average molecular weight is 357 g/mol. The first kappa shape index (κ1) is 16.5. The van der Waals surface area contributed by atoms with Crippen LogP contribution in [0.2, 0.25) is 5.15 Å². The fourth-order valence-corrected chi connectivity index (χ4v) is 3.20. The van der Waals surface area contributed by atoms with E-state index in [0.717, 1.165) is 28.7 Å². The molecule has 0 bridgehead atoms. The van der Waals surface area contributed by atoms with Gasteiger partial charge in [-0.1, -0.05) is 41.9 Å². The molecule has 1 fully saturated rings. The van der Waals surface area contributed by atoms with Gasteiger partial charge in [0.2, 0.25) is 0 Å². The molecule has 3 aromatic rings. The Morgan fingerprint density at radius 1 is 1.32 bits per heavy atom. The minimum absolute atomic E-state index is 0.0125. The Labute approximate surface area is 151 Å². The van der Waals surface area contributed by atoms with Crippen molar-refractivity contribution in [1.29, 1.82) is 0 Å². The molecule has 1 saturated heterocycles. The van der Waals surface area contributed by atoms with Gasteiger partial charge in [-0.25, -0.2) is 4.98 Å². The summed E-state index contributed by atoms with van der Waals surface area (Å²) in [6.45, 7) is 3.92. The van der Waals surface area contributed by atoms with Gasteiger partial charge >= 0.3 is 0 Å². The van der Waals surface area contributed by atoms with Crippen molar-refractivity contribution in [2.45, 2.75) is 25.7 Å². The lowest BCUT2D eigenvalue weighted by Crippen LogP contribution is -2.06. The lowest BCUT2D eigenvalue weighted by atomic mass is 10.1. The summed E-state index contributed by atoms with van der Waals surface area (Å²) < 4.78 is 13.4. The fraction of sp³-hybridized carbons (Fsp3) is 0.316. The van der Waals surface area contributed by atoms with E-state index in [2.05, 4.69) is 35.6 Å². The fourth-order valence-electron chi connectivity index (χ4n) is 2.99. The number of aryl methyl sites for hydroxylation is 1. The molecule has 1 unspecified atom stereocenters. The summed E-state index contributed by atoms with van der Waals surface area (Å²) in [6, 6.07) is 12.0. The number of ether oxygens (including phenoxy) is 2. The highest BCUT2D eigenvalue weighted by atomic mass is 35.5. The average Bonchev–Trinajstić information content (AvgIpc) is 3.29. The van der Waals surface area contributed by atoms with E-state index in [4.69, 9.17) is 21.1 Å². The number of aromatic nitrogens is 3. The number of nitrogens with zero attached hydrogens (tertiary/aromatic N) is 3. The normalized spacial score (nSPS) is 19.4. The molecule has 5 nitrogen and oxygen atoms in total. The second kappa shape index (κ2) is 7.12. The van der Waals surface area contributed by atoms with Crippen LogP contribution in [-0.4, -0.2) is 34.1 Å². The standard InChI is InChI=1S/C19H19ClN3O2/c1-2-23-18-14(11-21-23)10-16(20)22-17(18)19-15(25-19)12-24-9-8-13-6-4-3-5-7-13/h3-8,10-11,15,19H,2,9,12H2,1H3/t15-,19?/m0/s1. The van der Waals surface area contributed by atoms with Gasteiger partial charge in [0, 0.05) is 18.4 Å². The quantitative estimate of drug-likeness (QED) is 0.367. The van der Waals surface area contributed by atoms with E-state index in [1.165, 1.54) is 0 Å². The summed E-state index contributed by atoms with van der Waals surface area (Å²) in [5.41, 5.74) is 3.00. The molecule has 0 spiro atoms. The zero-order valence-corrected chi connectivity index (χ0v) is 14.7. The number of hydrogen-bond donors (Lipinski definition) is 0. The maximum absolute atomic E-state index is 6.15. The van der Waals surface area contributed by atoms with Crippen molar-refractivity contribution >= 4 is 22.5 Å². The number of epoxide rings is 1. The van der Waals surface area contributed by atoms with Gasteiger partial charge in [-0.15, -0.1) is 0 Å². The van der Waals surface area contributed by atoms with Gasteiger partial charge in [-0.05, 0) is 18.6 Å². The third-order valence-corrected chi connectivity index (χ3v) is 4.48. The van der Waals surface area contributed by atoms with Crippen LogP contribution in [-0.2, 0) is 16.0 Å². The Balaban J connectivity index is 1.38. The second-order valence-corrected chi connectivity index (χ2v) is 6.36. The number of halogens is 1. The molecule has 2 atom stereocenters. The summed E-state index contributed by atoms with van der Waals surface area (Å²) in [7, 11) is 0. The third-order valence-electron chi connectivity index (χ3n) is 4.28. The molecule has 1 aliphatic heterocycles. The number of hydrogen-bond acceptors (Lipinski definition) is 4.